The summed E-state index contributed by atoms with van der Waals surface area (Å²) in [7, 11) is 3.15. The lowest BCUT2D eigenvalue weighted by Gasteiger charge is -2.28. The summed E-state index contributed by atoms with van der Waals surface area (Å²) >= 11 is 0. The molecule has 6 nitrogen and oxygen atoms in total. The van der Waals surface area contributed by atoms with Gasteiger partial charge in [-0.05, 0) is 67.6 Å². The Morgan fingerprint density at radius 1 is 0.892 bits per heavy atom. The second-order valence-corrected chi connectivity index (χ2v) is 9.76. The van der Waals surface area contributed by atoms with Crippen LogP contribution in [0.3, 0.4) is 0 Å². The number of hydrogen-bond acceptors (Lipinski definition) is 5. The highest BCUT2D eigenvalue weighted by Gasteiger charge is 2.48. The van der Waals surface area contributed by atoms with Crippen LogP contribution in [0.5, 0.6) is 11.5 Å². The normalized spacial score (nSPS) is 17.0. The first-order chi connectivity index (χ1) is 17.6. The van der Waals surface area contributed by atoms with Gasteiger partial charge in [-0.25, -0.2) is 0 Å². The molecule has 1 aliphatic rings. The molecule has 1 fully saturated rings. The number of nitrogens with zero attached hydrogens (tertiary/aromatic N) is 1. The molecule has 1 heterocycles. The summed E-state index contributed by atoms with van der Waals surface area (Å²) in [5.41, 5.74) is 5.26. The van der Waals surface area contributed by atoms with E-state index in [9.17, 15) is 14.7 Å². The Morgan fingerprint density at radius 2 is 1.57 bits per heavy atom. The zero-order chi connectivity index (χ0) is 27.0. The first-order valence-corrected chi connectivity index (χ1v) is 12.3. The number of hydrogen-bond donors (Lipinski definition) is 1. The Morgan fingerprint density at radius 3 is 2.19 bits per heavy atom. The molecule has 3 aromatic carbocycles. The molecular formula is C31H33NO5. The molecule has 0 saturated carbocycles. The van der Waals surface area contributed by atoms with Gasteiger partial charge in [0.25, 0.3) is 11.7 Å². The molecule has 0 aliphatic carbocycles. The number of ether oxygens (including phenoxy) is 2. The van der Waals surface area contributed by atoms with Crippen molar-refractivity contribution in [2.45, 2.75) is 46.6 Å². The number of methoxy groups -OCH3 is 2. The van der Waals surface area contributed by atoms with Gasteiger partial charge in [-0.3, -0.25) is 14.5 Å². The van der Waals surface area contributed by atoms with Gasteiger partial charge in [0.15, 0.2) is 0 Å². The van der Waals surface area contributed by atoms with E-state index in [2.05, 4.69) is 0 Å². The molecule has 1 unspecified atom stereocenters. The summed E-state index contributed by atoms with van der Waals surface area (Å²) < 4.78 is 11.2. The summed E-state index contributed by atoms with van der Waals surface area (Å²) in [6.07, 6.45) is 0. The molecule has 4 rings (SSSR count). The number of aliphatic hydroxyl groups is 1. The van der Waals surface area contributed by atoms with Crippen molar-refractivity contribution in [1.29, 1.82) is 0 Å². The van der Waals surface area contributed by atoms with Crippen LogP contribution < -0.4 is 14.4 Å². The van der Waals surface area contributed by atoms with Crippen LogP contribution >= 0.6 is 0 Å². The van der Waals surface area contributed by atoms with Crippen LogP contribution in [0.15, 0.2) is 60.2 Å². The molecule has 6 heteroatoms. The molecule has 0 bridgehead atoms. The number of aryl methyl sites for hydroxylation is 3. The van der Waals surface area contributed by atoms with E-state index in [0.717, 1.165) is 22.3 Å². The van der Waals surface area contributed by atoms with Crippen molar-refractivity contribution in [2.24, 2.45) is 0 Å². The van der Waals surface area contributed by atoms with Gasteiger partial charge in [0.2, 0.25) is 0 Å². The lowest BCUT2D eigenvalue weighted by molar-refractivity contribution is -0.132. The predicted molar refractivity (Wildman–Crippen MR) is 146 cm³/mol. The average molecular weight is 500 g/mol. The molecule has 1 amide bonds. The topological polar surface area (TPSA) is 76.1 Å². The van der Waals surface area contributed by atoms with Crippen molar-refractivity contribution in [1.82, 2.24) is 0 Å². The number of aliphatic hydroxyl groups excluding tert-OH is 1. The third kappa shape index (κ3) is 4.48. The molecule has 0 radical (unpaired) electrons. The largest absolute Gasteiger partial charge is 0.507 e. The van der Waals surface area contributed by atoms with Gasteiger partial charge < -0.3 is 14.6 Å². The summed E-state index contributed by atoms with van der Waals surface area (Å²) in [5, 5.41) is 11.7. The van der Waals surface area contributed by atoms with E-state index in [1.54, 1.807) is 20.3 Å². The Kier molecular flexibility index (Phi) is 7.12. The van der Waals surface area contributed by atoms with Crippen molar-refractivity contribution in [3.8, 4) is 11.5 Å². The summed E-state index contributed by atoms with van der Waals surface area (Å²) in [6.45, 7) is 9.79. The fourth-order valence-corrected chi connectivity index (χ4v) is 5.07. The maximum atomic E-state index is 13.6. The Bertz CT molecular complexity index is 1420. The second-order valence-electron chi connectivity index (χ2n) is 9.76. The minimum absolute atomic E-state index is 0.0254. The third-order valence-corrected chi connectivity index (χ3v) is 6.94. The summed E-state index contributed by atoms with van der Waals surface area (Å²) in [4.78, 5) is 28.7. The maximum absolute atomic E-state index is 13.6. The molecule has 0 spiro atoms. The van der Waals surface area contributed by atoms with Crippen molar-refractivity contribution in [3.05, 3.63) is 93.6 Å². The van der Waals surface area contributed by atoms with Crippen molar-refractivity contribution in [3.63, 3.8) is 0 Å². The smallest absolute Gasteiger partial charge is 0.300 e. The monoisotopic (exact) mass is 499 g/mol. The molecule has 3 aromatic rings. The highest BCUT2D eigenvalue weighted by Crippen LogP contribution is 2.46. The van der Waals surface area contributed by atoms with Crippen LogP contribution in [0, 0.1) is 20.8 Å². The molecule has 1 atom stereocenters. The van der Waals surface area contributed by atoms with Crippen molar-refractivity contribution in [2.75, 3.05) is 19.1 Å². The van der Waals surface area contributed by atoms with Crippen LogP contribution in [0.25, 0.3) is 5.76 Å². The zero-order valence-corrected chi connectivity index (χ0v) is 22.4. The number of rotatable bonds is 6. The number of Topliss-reactive ketones (excluding diaryl/α,β-unsaturated/α-hetero) is 1. The quantitative estimate of drug-likeness (QED) is 0.242. The number of ketones is 1. The van der Waals surface area contributed by atoms with Crippen LogP contribution in [0.1, 0.15) is 59.2 Å². The molecule has 192 valence electrons. The fourth-order valence-electron chi connectivity index (χ4n) is 5.07. The lowest BCUT2D eigenvalue weighted by Crippen LogP contribution is -2.30. The average Bonchev–Trinajstić information content (AvgIpc) is 3.13. The van der Waals surface area contributed by atoms with Gasteiger partial charge in [-0.15, -0.1) is 0 Å². The molecule has 0 aromatic heterocycles. The van der Waals surface area contributed by atoms with Gasteiger partial charge in [0.1, 0.15) is 17.3 Å². The lowest BCUT2D eigenvalue weighted by atomic mass is 9.90. The van der Waals surface area contributed by atoms with Gasteiger partial charge in [0.05, 0.1) is 25.8 Å². The highest BCUT2D eigenvalue weighted by molar-refractivity contribution is 6.51. The van der Waals surface area contributed by atoms with Gasteiger partial charge in [0, 0.05) is 16.8 Å². The molecular weight excluding hydrogens is 466 g/mol. The summed E-state index contributed by atoms with van der Waals surface area (Å²) in [5.74, 6) is -0.312. The molecule has 1 aliphatic heterocycles. The number of anilines is 1. The molecule has 37 heavy (non-hydrogen) atoms. The van der Waals surface area contributed by atoms with E-state index in [1.165, 1.54) is 4.90 Å². The van der Waals surface area contributed by atoms with E-state index in [-0.39, 0.29) is 17.3 Å². The van der Waals surface area contributed by atoms with Crippen molar-refractivity contribution >= 4 is 23.1 Å². The summed E-state index contributed by atoms with van der Waals surface area (Å²) in [6, 6.07) is 15.8. The van der Waals surface area contributed by atoms with Crippen LogP contribution in [-0.2, 0) is 9.59 Å². The number of carbonyl (C=O) groups excluding carboxylic acids is 2. The van der Waals surface area contributed by atoms with E-state index < -0.39 is 17.7 Å². The van der Waals surface area contributed by atoms with Crippen LogP contribution in [0.2, 0.25) is 0 Å². The third-order valence-electron chi connectivity index (χ3n) is 6.94. The standard InChI is InChI=1S/C31H33NO5/c1-17(2)22-16-23(19(4)15-26(22)37-7)29(33)27-28(21-10-8-9-11-25(21)36-6)32(31(35)30(27)34)24-13-12-18(3)14-20(24)5/h8-17,28,33H,1-7H3/b29-27+. The van der Waals surface area contributed by atoms with Gasteiger partial charge in [-0.2, -0.15) is 0 Å². The Labute approximate surface area is 218 Å². The minimum Gasteiger partial charge on any atom is -0.507 e. The van der Waals surface area contributed by atoms with Crippen LogP contribution in [-0.4, -0.2) is 31.0 Å². The first kappa shape index (κ1) is 26.0. The van der Waals surface area contributed by atoms with Crippen LogP contribution in [0.4, 0.5) is 5.69 Å². The first-order valence-electron chi connectivity index (χ1n) is 12.3. The van der Waals surface area contributed by atoms with E-state index in [4.69, 9.17) is 9.47 Å². The predicted octanol–water partition coefficient (Wildman–Crippen LogP) is 6.38. The number of benzene rings is 3. The highest BCUT2D eigenvalue weighted by atomic mass is 16.5. The second kappa shape index (κ2) is 10.1. The number of para-hydroxylation sites is 1. The molecule has 1 saturated heterocycles. The van der Waals surface area contributed by atoms with E-state index in [0.29, 0.717) is 28.3 Å². The zero-order valence-electron chi connectivity index (χ0n) is 22.4. The molecule has 1 N–H and O–H groups in total. The Hall–Kier alpha value is -4.06. The van der Waals surface area contributed by atoms with Gasteiger partial charge >= 0.3 is 0 Å². The van der Waals surface area contributed by atoms with E-state index >= 15 is 0 Å². The number of amides is 1. The minimum atomic E-state index is -0.874. The van der Waals surface area contributed by atoms with Gasteiger partial charge in [-0.1, -0.05) is 49.7 Å². The SMILES string of the molecule is COc1cc(C)c(/C(O)=C2\C(=O)C(=O)N(c3ccc(C)cc3C)C2c2ccccc2OC)cc1C(C)C. The fraction of sp³-hybridized carbons (Fsp3) is 0.290. The van der Waals surface area contributed by atoms with Crippen molar-refractivity contribution < 1.29 is 24.2 Å². The Balaban J connectivity index is 2.04. The van der Waals surface area contributed by atoms with E-state index in [1.807, 2.05) is 83.1 Å². The number of carbonyl (C=O) groups is 2. The maximum Gasteiger partial charge on any atom is 0.300 e.